The Bertz CT molecular complexity index is 1010. The first-order chi connectivity index (χ1) is 14.4. The number of nitrogens with zero attached hydrogens (tertiary/aromatic N) is 2. The number of ether oxygens (including phenoxy) is 1. The summed E-state index contributed by atoms with van der Waals surface area (Å²) in [5, 5.41) is 13.2. The molecule has 1 fully saturated rings. The molecular weight excluding hydrogens is 447 g/mol. The summed E-state index contributed by atoms with van der Waals surface area (Å²) in [6, 6.07) is 7.01. The number of fused-ring (bicyclic) bond motifs is 1. The average Bonchev–Trinajstić information content (AvgIpc) is 2.97. The lowest BCUT2D eigenvalue weighted by molar-refractivity contribution is -0.0327. The van der Waals surface area contributed by atoms with E-state index in [2.05, 4.69) is 5.32 Å². The largest absolute Gasteiger partial charge is 0.446 e. The number of nitrogens with one attached hydrogen (secondary N) is 1. The summed E-state index contributed by atoms with van der Waals surface area (Å²) in [5.74, 6) is 0. The minimum Gasteiger partial charge on any atom is -0.444 e. The highest BCUT2D eigenvalue weighted by molar-refractivity contribution is 8.00. The number of carbonyl (C=O) groups excluding carboxylic acids is 1. The maximum atomic E-state index is 13.0. The molecule has 1 N–H and O–H groups in total. The van der Waals surface area contributed by atoms with Crippen molar-refractivity contribution in [3.63, 3.8) is 0 Å². The fraction of sp³-hybridized carbons (Fsp3) is 0.524. The summed E-state index contributed by atoms with van der Waals surface area (Å²) in [4.78, 5) is 14.1. The van der Waals surface area contributed by atoms with Crippen molar-refractivity contribution in [1.29, 1.82) is 5.26 Å². The van der Waals surface area contributed by atoms with Gasteiger partial charge in [-0.2, -0.15) is 18.4 Å². The van der Waals surface area contributed by atoms with Gasteiger partial charge in [0.25, 0.3) is 0 Å². The third-order valence-electron chi connectivity index (χ3n) is 4.85. The number of carbonyl (C=O) groups is 1. The molecule has 0 spiro atoms. The maximum absolute atomic E-state index is 13.0. The molecular formula is C21H24F3N3O2S2. The first-order valence-corrected chi connectivity index (χ1v) is 11.5. The van der Waals surface area contributed by atoms with Gasteiger partial charge in [-0.15, -0.1) is 11.3 Å². The summed E-state index contributed by atoms with van der Waals surface area (Å²) in [5.41, 5.74) is -4.32. The Balaban J connectivity index is 1.78. The van der Waals surface area contributed by atoms with Crippen molar-refractivity contribution in [2.45, 2.75) is 68.6 Å². The van der Waals surface area contributed by atoms with Crippen molar-refractivity contribution in [3.05, 3.63) is 23.1 Å². The molecule has 0 aliphatic carbocycles. The van der Waals surface area contributed by atoms with E-state index in [0.717, 1.165) is 11.3 Å². The lowest BCUT2D eigenvalue weighted by Gasteiger charge is -2.38. The maximum Gasteiger partial charge on any atom is 0.446 e. The van der Waals surface area contributed by atoms with Crippen LogP contribution in [0, 0.1) is 11.3 Å². The first kappa shape index (κ1) is 23.5. The van der Waals surface area contributed by atoms with E-state index in [9.17, 15) is 23.2 Å². The molecule has 2 aromatic rings. The van der Waals surface area contributed by atoms with Crippen molar-refractivity contribution in [1.82, 2.24) is 4.90 Å². The number of anilines is 1. The molecule has 1 saturated heterocycles. The minimum atomic E-state index is -4.47. The fourth-order valence-corrected chi connectivity index (χ4v) is 5.55. The number of thioether (sulfide) groups is 1. The minimum absolute atomic E-state index is 0.0466. The van der Waals surface area contributed by atoms with Crippen molar-refractivity contribution in [3.8, 4) is 6.07 Å². The van der Waals surface area contributed by atoms with Crippen LogP contribution in [0.25, 0.3) is 10.1 Å². The van der Waals surface area contributed by atoms with Gasteiger partial charge in [0, 0.05) is 24.0 Å². The topological polar surface area (TPSA) is 65.4 Å². The summed E-state index contributed by atoms with van der Waals surface area (Å²) in [6.45, 7) is 7.95. The predicted molar refractivity (Wildman–Crippen MR) is 117 cm³/mol. The third kappa shape index (κ3) is 5.77. The highest BCUT2D eigenvalue weighted by Gasteiger charge is 2.34. The lowest BCUT2D eigenvalue weighted by atomic mass is 9.98. The molecule has 2 atom stereocenters. The molecule has 1 aliphatic heterocycles. The van der Waals surface area contributed by atoms with Crippen LogP contribution in [0.4, 0.5) is 23.7 Å². The van der Waals surface area contributed by atoms with E-state index in [-0.39, 0.29) is 39.7 Å². The molecule has 1 aliphatic rings. The highest BCUT2D eigenvalue weighted by Crippen LogP contribution is 2.47. The quantitative estimate of drug-likeness (QED) is 0.512. The smallest absolute Gasteiger partial charge is 0.444 e. The molecule has 0 saturated carbocycles. The molecule has 0 radical (unpaired) electrons. The number of likely N-dealkylation sites (tertiary alicyclic amines) is 1. The SMILES string of the molecule is C[C@H]1C[C@@H](Nc2cccc3c(SC(F)(F)F)c(C#N)sc23)CCN1C(=O)OC(C)(C)C. The summed E-state index contributed by atoms with van der Waals surface area (Å²) in [6.07, 6.45) is 1.02. The highest BCUT2D eigenvalue weighted by atomic mass is 32.2. The number of alkyl halides is 3. The lowest BCUT2D eigenvalue weighted by Crippen LogP contribution is -2.49. The number of hydrogen-bond donors (Lipinski definition) is 1. The summed E-state index contributed by atoms with van der Waals surface area (Å²) >= 11 is 0.817. The van der Waals surface area contributed by atoms with Crippen LogP contribution in [0.2, 0.25) is 0 Å². The molecule has 1 aromatic heterocycles. The van der Waals surface area contributed by atoms with Gasteiger partial charge in [-0.1, -0.05) is 12.1 Å². The molecule has 10 heteroatoms. The van der Waals surface area contributed by atoms with E-state index in [0.29, 0.717) is 35.2 Å². The van der Waals surface area contributed by atoms with E-state index in [4.69, 9.17) is 4.74 Å². The number of nitriles is 1. The standard InChI is InChI=1S/C21H24F3N3O2S2/c1-12-10-13(8-9-27(12)19(28)29-20(2,3)4)26-15-7-5-6-14-17(15)30-16(11-25)18(14)31-21(22,23)24/h5-7,12-13,26H,8-10H2,1-4H3/t12-,13-/m0/s1. The Kier molecular flexibility index (Phi) is 6.67. The Morgan fingerprint density at radius 3 is 2.65 bits per heavy atom. The Morgan fingerprint density at radius 1 is 1.35 bits per heavy atom. The zero-order valence-electron chi connectivity index (χ0n) is 17.7. The van der Waals surface area contributed by atoms with Gasteiger partial charge in [0.1, 0.15) is 16.5 Å². The van der Waals surface area contributed by atoms with E-state index in [1.54, 1.807) is 17.0 Å². The second-order valence-corrected chi connectivity index (χ2v) is 10.6. The molecule has 3 rings (SSSR count). The Hall–Kier alpha value is -2.12. The molecule has 31 heavy (non-hydrogen) atoms. The van der Waals surface area contributed by atoms with Crippen molar-refractivity contribution in [2.24, 2.45) is 0 Å². The number of rotatable bonds is 3. The van der Waals surface area contributed by atoms with Crippen LogP contribution in [0.5, 0.6) is 0 Å². The number of piperidine rings is 1. The molecule has 0 unspecified atom stereocenters. The Labute approximate surface area is 187 Å². The normalized spacial score (nSPS) is 19.9. The van der Waals surface area contributed by atoms with Gasteiger partial charge in [-0.3, -0.25) is 0 Å². The zero-order chi connectivity index (χ0) is 23.0. The van der Waals surface area contributed by atoms with E-state index in [1.165, 1.54) is 0 Å². The fourth-order valence-electron chi connectivity index (χ4n) is 3.62. The van der Waals surface area contributed by atoms with E-state index < -0.39 is 11.1 Å². The van der Waals surface area contributed by atoms with Crippen LogP contribution in [-0.2, 0) is 4.74 Å². The van der Waals surface area contributed by atoms with Gasteiger partial charge >= 0.3 is 11.6 Å². The molecule has 2 heterocycles. The van der Waals surface area contributed by atoms with Gasteiger partial charge in [0.15, 0.2) is 0 Å². The summed E-state index contributed by atoms with van der Waals surface area (Å²) < 4.78 is 45.1. The number of halogens is 3. The number of amides is 1. The molecule has 5 nitrogen and oxygen atoms in total. The van der Waals surface area contributed by atoms with Crippen LogP contribution >= 0.6 is 23.1 Å². The Morgan fingerprint density at radius 2 is 2.06 bits per heavy atom. The third-order valence-corrected chi connectivity index (χ3v) is 6.99. The first-order valence-electron chi connectivity index (χ1n) is 9.85. The van der Waals surface area contributed by atoms with Crippen molar-refractivity contribution < 1.29 is 22.7 Å². The summed E-state index contributed by atoms with van der Waals surface area (Å²) in [7, 11) is 0. The molecule has 1 amide bonds. The molecule has 0 bridgehead atoms. The average molecular weight is 472 g/mol. The second kappa shape index (κ2) is 8.79. The van der Waals surface area contributed by atoms with E-state index in [1.807, 2.05) is 39.8 Å². The van der Waals surface area contributed by atoms with Crippen LogP contribution < -0.4 is 5.32 Å². The number of hydrogen-bond acceptors (Lipinski definition) is 6. The van der Waals surface area contributed by atoms with Crippen LogP contribution in [0.15, 0.2) is 23.1 Å². The van der Waals surface area contributed by atoms with Gasteiger partial charge in [0.05, 0.1) is 15.3 Å². The van der Waals surface area contributed by atoms with Gasteiger partial charge in [0.2, 0.25) is 0 Å². The van der Waals surface area contributed by atoms with Gasteiger partial charge in [-0.05, 0) is 58.4 Å². The van der Waals surface area contributed by atoms with Gasteiger partial charge < -0.3 is 15.0 Å². The predicted octanol–water partition coefficient (Wildman–Crippen LogP) is 6.58. The van der Waals surface area contributed by atoms with Crippen LogP contribution in [0.3, 0.4) is 0 Å². The van der Waals surface area contributed by atoms with Crippen molar-refractivity contribution >= 4 is 45.0 Å². The van der Waals surface area contributed by atoms with Crippen molar-refractivity contribution in [2.75, 3.05) is 11.9 Å². The molecule has 1 aromatic carbocycles. The van der Waals surface area contributed by atoms with E-state index >= 15 is 0 Å². The number of thiophene rings is 1. The second-order valence-electron chi connectivity index (χ2n) is 8.49. The number of benzene rings is 1. The van der Waals surface area contributed by atoms with Crippen LogP contribution in [0.1, 0.15) is 45.4 Å². The zero-order valence-corrected chi connectivity index (χ0v) is 19.3. The van der Waals surface area contributed by atoms with Gasteiger partial charge in [-0.25, -0.2) is 4.79 Å². The van der Waals surface area contributed by atoms with Crippen LogP contribution in [-0.4, -0.2) is 40.7 Å². The monoisotopic (exact) mass is 471 g/mol. The molecule has 168 valence electrons.